The van der Waals surface area contributed by atoms with Gasteiger partial charge in [0.05, 0.1) is 5.69 Å². The minimum Gasteiger partial charge on any atom is -0.454 e. The fourth-order valence-electron chi connectivity index (χ4n) is 8.62. The topological polar surface area (TPSA) is 22.9 Å². The molecule has 0 spiro atoms. The van der Waals surface area contributed by atoms with Gasteiger partial charge in [0.2, 0.25) is 0 Å². The molecule has 248 valence electrons. The van der Waals surface area contributed by atoms with Gasteiger partial charge in [0.15, 0.2) is 5.58 Å². The third-order valence-corrected chi connectivity index (χ3v) is 10.8. The first-order valence-corrected chi connectivity index (χ1v) is 18.1. The summed E-state index contributed by atoms with van der Waals surface area (Å²) >= 11 is 0. The average Bonchev–Trinajstić information content (AvgIpc) is 3.61. The Morgan fingerprint density at radius 1 is 0.415 bits per heavy atom. The Balaban J connectivity index is 1.22. The molecule has 0 radical (unpaired) electrons. The number of furan rings is 1. The van der Waals surface area contributed by atoms with E-state index in [1.54, 1.807) is 0 Å². The van der Waals surface area contributed by atoms with Crippen molar-refractivity contribution in [3.05, 3.63) is 194 Å². The second kappa shape index (κ2) is 11.8. The maximum Gasteiger partial charge on any atom is 0.252 e. The highest BCUT2D eigenvalue weighted by Crippen LogP contribution is 2.48. The summed E-state index contributed by atoms with van der Waals surface area (Å²) in [4.78, 5) is 7.22. The van der Waals surface area contributed by atoms with Crippen LogP contribution in [-0.2, 0) is 0 Å². The van der Waals surface area contributed by atoms with E-state index in [1.807, 2.05) is 0 Å². The van der Waals surface area contributed by atoms with Crippen LogP contribution in [0.15, 0.2) is 199 Å². The maximum absolute atomic E-state index is 6.83. The van der Waals surface area contributed by atoms with E-state index in [-0.39, 0.29) is 6.71 Å². The Hall–Kier alpha value is -6.98. The van der Waals surface area contributed by atoms with Crippen molar-refractivity contribution in [2.45, 2.75) is 0 Å². The van der Waals surface area contributed by atoms with Crippen LogP contribution in [-0.4, -0.2) is 6.71 Å². The van der Waals surface area contributed by atoms with Gasteiger partial charge in [0.1, 0.15) is 5.58 Å². The van der Waals surface area contributed by atoms with Crippen molar-refractivity contribution in [1.29, 1.82) is 0 Å². The molecule has 0 atom stereocenters. The molecule has 0 N–H and O–H groups in total. The second-order valence-electron chi connectivity index (χ2n) is 13.7. The number of para-hydroxylation sites is 5. The van der Waals surface area contributed by atoms with Gasteiger partial charge < -0.3 is 19.1 Å². The molecule has 0 aliphatic carbocycles. The lowest BCUT2D eigenvalue weighted by Gasteiger charge is -2.44. The summed E-state index contributed by atoms with van der Waals surface area (Å²) in [5.74, 6) is 0. The Bertz CT molecular complexity index is 2760. The molecule has 0 bridgehead atoms. The van der Waals surface area contributed by atoms with E-state index in [1.165, 1.54) is 22.1 Å². The van der Waals surface area contributed by atoms with E-state index in [9.17, 15) is 0 Å². The number of anilines is 9. The number of benzene rings is 8. The van der Waals surface area contributed by atoms with Crippen LogP contribution in [0.5, 0.6) is 0 Å². The number of hydrogen-bond acceptors (Lipinski definition) is 4. The van der Waals surface area contributed by atoms with Gasteiger partial charge in [0, 0.05) is 56.3 Å². The third-order valence-electron chi connectivity index (χ3n) is 10.8. The molecule has 9 aromatic rings. The summed E-state index contributed by atoms with van der Waals surface area (Å²) in [5, 5.41) is 2.25. The Morgan fingerprint density at radius 2 is 0.981 bits per heavy atom. The van der Waals surface area contributed by atoms with Crippen molar-refractivity contribution in [3.8, 4) is 0 Å². The fraction of sp³-hybridized carbons (Fsp3) is 0. The lowest BCUT2D eigenvalue weighted by atomic mass is 9.33. The summed E-state index contributed by atoms with van der Waals surface area (Å²) in [6.07, 6.45) is 0. The summed E-state index contributed by atoms with van der Waals surface area (Å²) in [6, 6.07) is 69.5. The quantitative estimate of drug-likeness (QED) is 0.169. The normalized spacial score (nSPS) is 12.8. The molecule has 11 rings (SSSR count). The van der Waals surface area contributed by atoms with Crippen LogP contribution < -0.4 is 31.1 Å². The van der Waals surface area contributed by atoms with Gasteiger partial charge in [-0.2, -0.15) is 0 Å². The van der Waals surface area contributed by atoms with Crippen LogP contribution in [0.3, 0.4) is 0 Å². The van der Waals surface area contributed by atoms with Gasteiger partial charge in [-0.1, -0.05) is 115 Å². The van der Waals surface area contributed by atoms with Crippen LogP contribution in [0.25, 0.3) is 21.9 Å². The van der Waals surface area contributed by atoms with Gasteiger partial charge in [-0.05, 0) is 95.3 Å². The first kappa shape index (κ1) is 29.7. The number of hydrogen-bond donors (Lipinski definition) is 0. The molecule has 0 saturated carbocycles. The van der Waals surface area contributed by atoms with Crippen molar-refractivity contribution in [1.82, 2.24) is 0 Å². The standard InChI is InChI=1S/C48H32BN3O/c1-5-16-33(17-6-1)50(34-18-7-2-8-19-34)37-28-30-40-44(32-37)51(35-20-9-3-10-21-35)42-25-15-26-43-46(42)49(40)41-31-29-39-38-24-13-14-27-45(38)53-48(39)47(41)52(43)36-22-11-4-12-23-36/h1-32H. The van der Waals surface area contributed by atoms with Gasteiger partial charge in [-0.3, -0.25) is 0 Å². The molecule has 53 heavy (non-hydrogen) atoms. The predicted molar refractivity (Wildman–Crippen MR) is 222 cm³/mol. The van der Waals surface area contributed by atoms with Crippen molar-refractivity contribution < 1.29 is 4.42 Å². The summed E-state index contributed by atoms with van der Waals surface area (Å²) in [7, 11) is 0. The van der Waals surface area contributed by atoms with E-state index in [4.69, 9.17) is 4.42 Å². The molecule has 8 aromatic carbocycles. The Labute approximate surface area is 308 Å². The largest absolute Gasteiger partial charge is 0.454 e. The van der Waals surface area contributed by atoms with Crippen LogP contribution >= 0.6 is 0 Å². The minimum absolute atomic E-state index is 0.0281. The van der Waals surface area contributed by atoms with Crippen molar-refractivity contribution >= 4 is 96.2 Å². The highest BCUT2D eigenvalue weighted by molar-refractivity contribution is 7.00. The third kappa shape index (κ3) is 4.50. The molecule has 0 amide bonds. The molecule has 2 aliphatic rings. The summed E-state index contributed by atoms with van der Waals surface area (Å²) < 4.78 is 6.83. The van der Waals surface area contributed by atoms with E-state index in [2.05, 4.69) is 209 Å². The number of rotatable bonds is 5. The van der Waals surface area contributed by atoms with Gasteiger partial charge in [0.25, 0.3) is 6.71 Å². The molecule has 5 heteroatoms. The van der Waals surface area contributed by atoms with Gasteiger partial charge in [-0.25, -0.2) is 0 Å². The van der Waals surface area contributed by atoms with Crippen LogP contribution in [0, 0.1) is 0 Å². The molecule has 0 saturated heterocycles. The Morgan fingerprint density at radius 3 is 1.66 bits per heavy atom. The fourth-order valence-corrected chi connectivity index (χ4v) is 8.62. The highest BCUT2D eigenvalue weighted by atomic mass is 16.3. The molecule has 4 nitrogen and oxygen atoms in total. The number of fused-ring (bicyclic) bond motifs is 8. The molecule has 0 unspecified atom stereocenters. The van der Waals surface area contributed by atoms with E-state index in [0.717, 1.165) is 67.4 Å². The smallest absolute Gasteiger partial charge is 0.252 e. The first-order chi connectivity index (χ1) is 26.3. The predicted octanol–water partition coefficient (Wildman–Crippen LogP) is 11.1. The molecular formula is C48H32BN3O. The van der Waals surface area contributed by atoms with Gasteiger partial charge >= 0.3 is 0 Å². The molecule has 3 heterocycles. The van der Waals surface area contributed by atoms with Crippen LogP contribution in [0.2, 0.25) is 0 Å². The second-order valence-corrected chi connectivity index (χ2v) is 13.7. The zero-order valence-corrected chi connectivity index (χ0v) is 28.8. The van der Waals surface area contributed by atoms with Crippen LogP contribution in [0.4, 0.5) is 51.2 Å². The molecule has 1 aromatic heterocycles. The van der Waals surface area contributed by atoms with Gasteiger partial charge in [-0.15, -0.1) is 0 Å². The molecule has 2 aliphatic heterocycles. The van der Waals surface area contributed by atoms with Crippen molar-refractivity contribution in [2.75, 3.05) is 14.7 Å². The first-order valence-electron chi connectivity index (χ1n) is 18.1. The Kier molecular flexibility index (Phi) is 6.61. The van der Waals surface area contributed by atoms with E-state index in [0.29, 0.717) is 0 Å². The monoisotopic (exact) mass is 677 g/mol. The molecular weight excluding hydrogens is 645 g/mol. The zero-order chi connectivity index (χ0) is 34.9. The molecule has 0 fully saturated rings. The number of nitrogens with zero attached hydrogens (tertiary/aromatic N) is 3. The maximum atomic E-state index is 6.83. The summed E-state index contributed by atoms with van der Waals surface area (Å²) in [5.41, 5.74) is 15.7. The van der Waals surface area contributed by atoms with Crippen LogP contribution in [0.1, 0.15) is 0 Å². The van der Waals surface area contributed by atoms with E-state index < -0.39 is 0 Å². The zero-order valence-electron chi connectivity index (χ0n) is 28.8. The lowest BCUT2D eigenvalue weighted by Crippen LogP contribution is -2.61. The minimum atomic E-state index is -0.0281. The average molecular weight is 678 g/mol. The SMILES string of the molecule is c1ccc(N(c2ccccc2)c2ccc3c(c2)N(c2ccccc2)c2cccc4c2B3c2ccc3c(oc5ccccc53)c2N4c2ccccc2)cc1. The van der Waals surface area contributed by atoms with Crippen molar-refractivity contribution in [3.63, 3.8) is 0 Å². The van der Waals surface area contributed by atoms with Crippen molar-refractivity contribution in [2.24, 2.45) is 0 Å². The summed E-state index contributed by atoms with van der Waals surface area (Å²) in [6.45, 7) is -0.0281. The van der Waals surface area contributed by atoms with E-state index >= 15 is 0 Å². The highest BCUT2D eigenvalue weighted by Gasteiger charge is 2.44. The lowest BCUT2D eigenvalue weighted by molar-refractivity contribution is 0.669.